The third kappa shape index (κ3) is 3.56. The number of benzene rings is 1. The van der Waals surface area contributed by atoms with Crippen molar-refractivity contribution in [1.82, 2.24) is 4.90 Å². The molecule has 4 heteroatoms. The quantitative estimate of drug-likeness (QED) is 0.928. The number of likely N-dealkylation sites (N-methyl/N-ethyl adjacent to an activating group) is 1. The van der Waals surface area contributed by atoms with E-state index in [1.165, 1.54) is 18.5 Å². The van der Waals surface area contributed by atoms with Gasteiger partial charge in [-0.1, -0.05) is 12.8 Å². The number of anilines is 2. The molecule has 1 aliphatic heterocycles. The zero-order chi connectivity index (χ0) is 14.7. The van der Waals surface area contributed by atoms with Gasteiger partial charge in [-0.3, -0.25) is 4.79 Å². The van der Waals surface area contributed by atoms with Gasteiger partial charge in [0.05, 0.1) is 0 Å². The molecule has 0 bridgehead atoms. The van der Waals surface area contributed by atoms with Crippen molar-refractivity contribution in [2.75, 3.05) is 43.4 Å². The van der Waals surface area contributed by atoms with Crippen molar-refractivity contribution in [2.45, 2.75) is 25.7 Å². The molecule has 1 aromatic carbocycles. The van der Waals surface area contributed by atoms with Crippen LogP contribution in [-0.2, 0) is 4.79 Å². The van der Waals surface area contributed by atoms with Crippen molar-refractivity contribution >= 4 is 17.3 Å². The Morgan fingerprint density at radius 1 is 1.05 bits per heavy atom. The summed E-state index contributed by atoms with van der Waals surface area (Å²) in [7, 11) is 2.17. The molecule has 0 atom stereocenters. The van der Waals surface area contributed by atoms with Crippen molar-refractivity contribution < 1.29 is 4.79 Å². The van der Waals surface area contributed by atoms with Crippen LogP contribution in [0.1, 0.15) is 25.7 Å². The second kappa shape index (κ2) is 6.48. The summed E-state index contributed by atoms with van der Waals surface area (Å²) in [4.78, 5) is 16.9. The monoisotopic (exact) mass is 287 g/mol. The van der Waals surface area contributed by atoms with Gasteiger partial charge in [0.25, 0.3) is 0 Å². The predicted molar refractivity (Wildman–Crippen MR) is 86.7 cm³/mol. The number of nitrogens with one attached hydrogen (secondary N) is 1. The van der Waals surface area contributed by atoms with Crippen LogP contribution in [-0.4, -0.2) is 44.0 Å². The fraction of sp³-hybridized carbons (Fsp3) is 0.588. The lowest BCUT2D eigenvalue weighted by atomic mass is 10.1. The maximum Gasteiger partial charge on any atom is 0.227 e. The number of carbonyl (C=O) groups is 1. The summed E-state index contributed by atoms with van der Waals surface area (Å²) in [5.41, 5.74) is 2.17. The molecule has 0 aromatic heterocycles. The molecule has 2 fully saturated rings. The van der Waals surface area contributed by atoms with Gasteiger partial charge >= 0.3 is 0 Å². The lowest BCUT2D eigenvalue weighted by molar-refractivity contribution is -0.119. The lowest BCUT2D eigenvalue weighted by Gasteiger charge is -2.34. The molecule has 1 amide bonds. The van der Waals surface area contributed by atoms with E-state index in [0.29, 0.717) is 0 Å². The van der Waals surface area contributed by atoms with E-state index in [0.717, 1.165) is 44.7 Å². The number of nitrogens with zero attached hydrogens (tertiary/aromatic N) is 2. The Morgan fingerprint density at radius 2 is 1.67 bits per heavy atom. The number of hydrogen-bond acceptors (Lipinski definition) is 3. The number of rotatable bonds is 3. The Labute approximate surface area is 127 Å². The van der Waals surface area contributed by atoms with Crippen molar-refractivity contribution in [2.24, 2.45) is 5.92 Å². The smallest absolute Gasteiger partial charge is 0.227 e. The molecule has 0 radical (unpaired) electrons. The average Bonchev–Trinajstić information content (AvgIpc) is 3.03. The van der Waals surface area contributed by atoms with Gasteiger partial charge in [-0.15, -0.1) is 0 Å². The van der Waals surface area contributed by atoms with Crippen molar-refractivity contribution in [1.29, 1.82) is 0 Å². The third-order valence-electron chi connectivity index (χ3n) is 4.73. The van der Waals surface area contributed by atoms with Gasteiger partial charge in [0.2, 0.25) is 5.91 Å². The van der Waals surface area contributed by atoms with Crippen molar-refractivity contribution in [3.05, 3.63) is 24.3 Å². The van der Waals surface area contributed by atoms with Gasteiger partial charge < -0.3 is 15.1 Å². The summed E-state index contributed by atoms with van der Waals surface area (Å²) in [6.07, 6.45) is 4.48. The normalized spacial score (nSPS) is 20.7. The van der Waals surface area contributed by atoms with Gasteiger partial charge in [0.1, 0.15) is 0 Å². The summed E-state index contributed by atoms with van der Waals surface area (Å²) < 4.78 is 0. The van der Waals surface area contributed by atoms with Gasteiger partial charge in [-0.25, -0.2) is 0 Å². The standard InChI is InChI=1S/C17H25N3O/c1-19-10-12-20(13-11-19)16-8-6-15(7-9-16)18-17(21)14-4-2-3-5-14/h6-9,14H,2-5,10-13H2,1H3,(H,18,21). The number of hydrogen-bond donors (Lipinski definition) is 1. The molecular weight excluding hydrogens is 262 g/mol. The molecule has 3 rings (SSSR count). The predicted octanol–water partition coefficient (Wildman–Crippen LogP) is 2.57. The molecule has 1 aliphatic carbocycles. The zero-order valence-corrected chi connectivity index (χ0v) is 12.8. The molecule has 21 heavy (non-hydrogen) atoms. The number of carbonyl (C=O) groups excluding carboxylic acids is 1. The highest BCUT2D eigenvalue weighted by atomic mass is 16.1. The maximum atomic E-state index is 12.1. The fourth-order valence-corrected chi connectivity index (χ4v) is 3.25. The van der Waals surface area contributed by atoms with E-state index in [-0.39, 0.29) is 11.8 Å². The summed E-state index contributed by atoms with van der Waals surface area (Å²) in [6, 6.07) is 8.30. The van der Waals surface area contributed by atoms with Crippen LogP contribution in [0, 0.1) is 5.92 Å². The molecule has 0 unspecified atom stereocenters. The molecule has 2 aliphatic rings. The Hall–Kier alpha value is -1.55. The Kier molecular flexibility index (Phi) is 4.44. The maximum absolute atomic E-state index is 12.1. The Morgan fingerprint density at radius 3 is 2.29 bits per heavy atom. The van der Waals surface area contributed by atoms with E-state index in [1.54, 1.807) is 0 Å². The van der Waals surface area contributed by atoms with Crippen LogP contribution in [0.15, 0.2) is 24.3 Å². The van der Waals surface area contributed by atoms with Gasteiger partial charge in [-0.2, -0.15) is 0 Å². The summed E-state index contributed by atoms with van der Waals surface area (Å²) in [5.74, 6) is 0.419. The molecule has 1 saturated heterocycles. The summed E-state index contributed by atoms with van der Waals surface area (Å²) in [5, 5.41) is 3.06. The van der Waals surface area contributed by atoms with Gasteiger partial charge in [-0.05, 0) is 44.2 Å². The zero-order valence-electron chi connectivity index (χ0n) is 12.8. The van der Waals surface area contributed by atoms with E-state index in [2.05, 4.69) is 34.3 Å². The van der Waals surface area contributed by atoms with E-state index in [4.69, 9.17) is 0 Å². The molecule has 1 heterocycles. The van der Waals surface area contributed by atoms with Crippen LogP contribution in [0.2, 0.25) is 0 Å². The van der Waals surface area contributed by atoms with Crippen LogP contribution in [0.25, 0.3) is 0 Å². The number of amides is 1. The van der Waals surface area contributed by atoms with E-state index < -0.39 is 0 Å². The lowest BCUT2D eigenvalue weighted by Crippen LogP contribution is -2.44. The third-order valence-corrected chi connectivity index (χ3v) is 4.73. The molecular formula is C17H25N3O. The second-order valence-electron chi connectivity index (χ2n) is 6.31. The Bertz CT molecular complexity index is 471. The second-order valence-corrected chi connectivity index (χ2v) is 6.31. The highest BCUT2D eigenvalue weighted by molar-refractivity contribution is 5.92. The first-order valence-electron chi connectivity index (χ1n) is 8.07. The van der Waals surface area contributed by atoms with Crippen molar-refractivity contribution in [3.8, 4) is 0 Å². The SMILES string of the molecule is CN1CCN(c2ccc(NC(=O)C3CCCC3)cc2)CC1. The Balaban J connectivity index is 1.57. The van der Waals surface area contributed by atoms with Crippen LogP contribution >= 0.6 is 0 Å². The highest BCUT2D eigenvalue weighted by Gasteiger charge is 2.22. The minimum atomic E-state index is 0.194. The van der Waals surface area contributed by atoms with E-state index >= 15 is 0 Å². The summed E-state index contributed by atoms with van der Waals surface area (Å²) >= 11 is 0. The number of piperazine rings is 1. The molecule has 1 N–H and O–H groups in total. The van der Waals surface area contributed by atoms with Crippen molar-refractivity contribution in [3.63, 3.8) is 0 Å². The van der Waals surface area contributed by atoms with Crippen LogP contribution in [0.3, 0.4) is 0 Å². The molecule has 0 spiro atoms. The van der Waals surface area contributed by atoms with Crippen LogP contribution in [0.4, 0.5) is 11.4 Å². The summed E-state index contributed by atoms with van der Waals surface area (Å²) in [6.45, 7) is 4.37. The first kappa shape index (κ1) is 14.4. The van der Waals surface area contributed by atoms with Crippen LogP contribution in [0.5, 0.6) is 0 Å². The fourth-order valence-electron chi connectivity index (χ4n) is 3.25. The first-order chi connectivity index (χ1) is 10.2. The minimum Gasteiger partial charge on any atom is -0.369 e. The van der Waals surface area contributed by atoms with E-state index in [1.807, 2.05) is 12.1 Å². The topological polar surface area (TPSA) is 35.6 Å². The van der Waals surface area contributed by atoms with Gasteiger partial charge in [0.15, 0.2) is 0 Å². The van der Waals surface area contributed by atoms with E-state index in [9.17, 15) is 4.79 Å². The average molecular weight is 287 g/mol. The largest absolute Gasteiger partial charge is 0.369 e. The van der Waals surface area contributed by atoms with Gasteiger partial charge in [0, 0.05) is 43.5 Å². The molecule has 4 nitrogen and oxygen atoms in total. The first-order valence-corrected chi connectivity index (χ1v) is 8.07. The molecule has 1 aromatic rings. The molecule has 114 valence electrons. The highest BCUT2D eigenvalue weighted by Crippen LogP contribution is 2.26. The molecule has 1 saturated carbocycles. The minimum absolute atomic E-state index is 0.194. The van der Waals surface area contributed by atoms with Crippen LogP contribution < -0.4 is 10.2 Å².